The zero-order valence-corrected chi connectivity index (χ0v) is 14.2. The van der Waals surface area contributed by atoms with Gasteiger partial charge in [-0.3, -0.25) is 14.5 Å². The Morgan fingerprint density at radius 3 is 2.27 bits per heavy atom. The summed E-state index contributed by atoms with van der Waals surface area (Å²) in [7, 11) is 0. The lowest BCUT2D eigenvalue weighted by Gasteiger charge is -2.55. The van der Waals surface area contributed by atoms with Gasteiger partial charge in [0.25, 0.3) is 0 Å². The van der Waals surface area contributed by atoms with Crippen LogP contribution in [0.3, 0.4) is 0 Å². The molecule has 22 heavy (non-hydrogen) atoms. The molecule has 3 rings (SSSR count). The molecule has 2 amide bonds. The van der Waals surface area contributed by atoms with Crippen molar-refractivity contribution in [1.29, 1.82) is 0 Å². The van der Waals surface area contributed by atoms with Crippen LogP contribution < -0.4 is 0 Å². The van der Waals surface area contributed by atoms with E-state index >= 15 is 0 Å². The van der Waals surface area contributed by atoms with Gasteiger partial charge in [0.15, 0.2) is 0 Å². The van der Waals surface area contributed by atoms with E-state index in [9.17, 15) is 9.59 Å². The first kappa shape index (κ1) is 15.8. The Morgan fingerprint density at radius 1 is 1.00 bits per heavy atom. The largest absolute Gasteiger partial charge is 0.340 e. The molecule has 3 fully saturated rings. The van der Waals surface area contributed by atoms with Crippen LogP contribution in [0.15, 0.2) is 0 Å². The highest BCUT2D eigenvalue weighted by molar-refractivity contribution is 5.79. The van der Waals surface area contributed by atoms with Gasteiger partial charge in [-0.2, -0.15) is 0 Å². The lowest BCUT2D eigenvalue weighted by Crippen LogP contribution is -2.70. The molecule has 0 aromatic rings. The minimum atomic E-state index is -0.00289. The predicted molar refractivity (Wildman–Crippen MR) is 85.4 cm³/mol. The minimum Gasteiger partial charge on any atom is -0.340 e. The van der Waals surface area contributed by atoms with Crippen molar-refractivity contribution in [2.24, 2.45) is 5.92 Å². The van der Waals surface area contributed by atoms with Gasteiger partial charge in [-0.05, 0) is 26.7 Å². The third kappa shape index (κ3) is 2.87. The minimum absolute atomic E-state index is 0.00289. The summed E-state index contributed by atoms with van der Waals surface area (Å²) in [6.07, 6.45) is 4.53. The molecule has 5 heteroatoms. The molecule has 0 spiro atoms. The van der Waals surface area contributed by atoms with E-state index in [0.717, 1.165) is 45.6 Å². The van der Waals surface area contributed by atoms with Crippen molar-refractivity contribution < 1.29 is 9.59 Å². The van der Waals surface area contributed by atoms with Crippen molar-refractivity contribution in [1.82, 2.24) is 14.7 Å². The molecule has 0 N–H and O–H groups in total. The van der Waals surface area contributed by atoms with Crippen LogP contribution >= 0.6 is 0 Å². The Hall–Kier alpha value is -1.10. The molecule has 1 atom stereocenters. The monoisotopic (exact) mass is 307 g/mol. The fourth-order valence-electron chi connectivity index (χ4n) is 4.56. The van der Waals surface area contributed by atoms with Crippen molar-refractivity contribution in [3.8, 4) is 0 Å². The van der Waals surface area contributed by atoms with Gasteiger partial charge in [-0.15, -0.1) is 0 Å². The second-order valence-electron chi connectivity index (χ2n) is 7.82. The molecule has 0 bridgehead atoms. The fourth-order valence-corrected chi connectivity index (χ4v) is 4.56. The van der Waals surface area contributed by atoms with Crippen LogP contribution in [0.2, 0.25) is 0 Å². The van der Waals surface area contributed by atoms with Gasteiger partial charge >= 0.3 is 0 Å². The molecule has 0 radical (unpaired) electrons. The van der Waals surface area contributed by atoms with Crippen LogP contribution in [-0.4, -0.2) is 70.8 Å². The summed E-state index contributed by atoms with van der Waals surface area (Å²) in [5.41, 5.74) is -0.00289. The SMILES string of the molecule is CC(=O)N1C[C@@H]2CN(C(=O)C3CCCC3)CCN2C(C)(C)C1. The number of rotatable bonds is 1. The van der Waals surface area contributed by atoms with E-state index in [0.29, 0.717) is 5.91 Å². The van der Waals surface area contributed by atoms with Crippen LogP contribution in [0.1, 0.15) is 46.5 Å². The van der Waals surface area contributed by atoms with E-state index in [1.54, 1.807) is 6.92 Å². The molecule has 0 unspecified atom stereocenters. The lowest BCUT2D eigenvalue weighted by molar-refractivity contribution is -0.147. The van der Waals surface area contributed by atoms with E-state index in [4.69, 9.17) is 0 Å². The molecule has 2 heterocycles. The summed E-state index contributed by atoms with van der Waals surface area (Å²) in [4.78, 5) is 31.0. The first-order chi connectivity index (χ1) is 10.4. The summed E-state index contributed by atoms with van der Waals surface area (Å²) < 4.78 is 0. The van der Waals surface area contributed by atoms with Crippen LogP contribution in [-0.2, 0) is 9.59 Å². The second-order valence-corrected chi connectivity index (χ2v) is 7.82. The second kappa shape index (κ2) is 5.84. The van der Waals surface area contributed by atoms with Crippen LogP contribution in [0.4, 0.5) is 0 Å². The molecule has 2 aliphatic heterocycles. The van der Waals surface area contributed by atoms with Gasteiger partial charge in [-0.25, -0.2) is 0 Å². The number of hydrogen-bond donors (Lipinski definition) is 0. The van der Waals surface area contributed by atoms with E-state index in [-0.39, 0.29) is 23.4 Å². The standard InChI is InChI=1S/C17H29N3O2/c1-13(21)19-11-15-10-18(16(22)14-6-4-5-7-14)8-9-20(15)17(2,3)12-19/h14-15H,4-12H2,1-3H3/t15-/m0/s1. The molecule has 1 aliphatic carbocycles. The highest BCUT2D eigenvalue weighted by atomic mass is 16.2. The summed E-state index contributed by atoms with van der Waals surface area (Å²) in [6.45, 7) is 10.2. The molecule has 0 aromatic carbocycles. The maximum absolute atomic E-state index is 12.7. The summed E-state index contributed by atoms with van der Waals surface area (Å²) >= 11 is 0. The van der Waals surface area contributed by atoms with Gasteiger partial charge < -0.3 is 9.80 Å². The maximum atomic E-state index is 12.7. The third-order valence-electron chi connectivity index (χ3n) is 5.73. The average Bonchev–Trinajstić information content (AvgIpc) is 2.99. The van der Waals surface area contributed by atoms with Crippen molar-refractivity contribution in [3.63, 3.8) is 0 Å². The molecule has 124 valence electrons. The zero-order chi connectivity index (χ0) is 15.9. The summed E-state index contributed by atoms with van der Waals surface area (Å²) in [5, 5.41) is 0. The third-order valence-corrected chi connectivity index (χ3v) is 5.73. The Bertz CT molecular complexity index is 457. The number of carbonyl (C=O) groups excluding carboxylic acids is 2. The average molecular weight is 307 g/mol. The fraction of sp³-hybridized carbons (Fsp3) is 0.882. The summed E-state index contributed by atoms with van der Waals surface area (Å²) in [5.74, 6) is 0.758. The number of hydrogen-bond acceptors (Lipinski definition) is 3. The van der Waals surface area contributed by atoms with Gasteiger partial charge in [0.05, 0.1) is 0 Å². The van der Waals surface area contributed by atoms with Crippen LogP contribution in [0, 0.1) is 5.92 Å². The molecule has 0 aromatic heterocycles. The Morgan fingerprint density at radius 2 is 1.64 bits per heavy atom. The molecular formula is C17H29N3O2. The predicted octanol–water partition coefficient (Wildman–Crippen LogP) is 1.33. The molecule has 5 nitrogen and oxygen atoms in total. The number of carbonyl (C=O) groups is 2. The lowest BCUT2D eigenvalue weighted by atomic mass is 9.92. The van der Waals surface area contributed by atoms with Crippen molar-refractivity contribution in [3.05, 3.63) is 0 Å². The van der Waals surface area contributed by atoms with Crippen molar-refractivity contribution in [2.75, 3.05) is 32.7 Å². The van der Waals surface area contributed by atoms with Crippen molar-refractivity contribution >= 4 is 11.8 Å². The van der Waals surface area contributed by atoms with Gasteiger partial charge in [0, 0.05) is 57.1 Å². The highest BCUT2D eigenvalue weighted by Gasteiger charge is 2.44. The summed E-state index contributed by atoms with van der Waals surface area (Å²) in [6, 6.07) is 0.284. The first-order valence-corrected chi connectivity index (χ1v) is 8.69. The topological polar surface area (TPSA) is 43.9 Å². The Labute approximate surface area is 133 Å². The number of nitrogens with zero attached hydrogens (tertiary/aromatic N) is 3. The number of amides is 2. The van der Waals surface area contributed by atoms with Crippen LogP contribution in [0.25, 0.3) is 0 Å². The molecule has 1 saturated carbocycles. The zero-order valence-electron chi connectivity index (χ0n) is 14.2. The van der Waals surface area contributed by atoms with Gasteiger partial charge in [0.1, 0.15) is 0 Å². The molecular weight excluding hydrogens is 278 g/mol. The number of fused-ring (bicyclic) bond motifs is 1. The van der Waals surface area contributed by atoms with E-state index in [2.05, 4.69) is 23.6 Å². The molecule has 2 saturated heterocycles. The maximum Gasteiger partial charge on any atom is 0.225 e. The van der Waals surface area contributed by atoms with E-state index in [1.165, 1.54) is 12.8 Å². The van der Waals surface area contributed by atoms with Gasteiger partial charge in [0.2, 0.25) is 11.8 Å². The first-order valence-electron chi connectivity index (χ1n) is 8.69. The van der Waals surface area contributed by atoms with Crippen molar-refractivity contribution in [2.45, 2.75) is 58.0 Å². The smallest absolute Gasteiger partial charge is 0.225 e. The normalized spacial score (nSPS) is 29.5. The van der Waals surface area contributed by atoms with Crippen LogP contribution in [0.5, 0.6) is 0 Å². The van der Waals surface area contributed by atoms with E-state index < -0.39 is 0 Å². The van der Waals surface area contributed by atoms with E-state index in [1.807, 2.05) is 4.90 Å². The Kier molecular flexibility index (Phi) is 4.19. The quantitative estimate of drug-likeness (QED) is 0.734. The van der Waals surface area contributed by atoms with Gasteiger partial charge in [-0.1, -0.05) is 12.8 Å². The number of piperazine rings is 2. The molecule has 3 aliphatic rings. The highest BCUT2D eigenvalue weighted by Crippen LogP contribution is 2.31. The Balaban J connectivity index is 1.70.